The van der Waals surface area contributed by atoms with Gasteiger partial charge in [0.2, 0.25) is 5.65 Å². The molecule has 1 aromatic carbocycles. The molecule has 2 N–H and O–H groups in total. The van der Waals surface area contributed by atoms with E-state index in [9.17, 15) is 0 Å². The number of hydrogen-bond acceptors (Lipinski definition) is 5. The number of halogens is 1. The van der Waals surface area contributed by atoms with Gasteiger partial charge in [-0.05, 0) is 12.1 Å². The number of ether oxygens (including phenoxy) is 1. The summed E-state index contributed by atoms with van der Waals surface area (Å²) in [4.78, 5) is 4.10. The van der Waals surface area contributed by atoms with Gasteiger partial charge in [-0.2, -0.15) is 0 Å². The molecule has 0 aliphatic carbocycles. The Labute approximate surface area is 107 Å². The lowest BCUT2D eigenvalue weighted by Crippen LogP contribution is -1.96. The highest BCUT2D eigenvalue weighted by atomic mass is 35.5. The van der Waals surface area contributed by atoms with Crippen LogP contribution >= 0.6 is 11.6 Å². The van der Waals surface area contributed by atoms with E-state index in [0.717, 1.165) is 0 Å². The van der Waals surface area contributed by atoms with Gasteiger partial charge in [0.05, 0.1) is 5.69 Å². The zero-order chi connectivity index (χ0) is 12.5. The molecule has 0 bridgehead atoms. The summed E-state index contributed by atoms with van der Waals surface area (Å²) in [7, 11) is 0. The van der Waals surface area contributed by atoms with E-state index in [0.29, 0.717) is 28.0 Å². The third-order valence-corrected chi connectivity index (χ3v) is 2.60. The Hall–Kier alpha value is -2.34. The molecule has 0 aliphatic rings. The number of fused-ring (bicyclic) bond motifs is 1. The second-order valence-electron chi connectivity index (χ2n) is 3.58. The van der Waals surface area contributed by atoms with Crippen molar-refractivity contribution >= 4 is 22.9 Å². The normalized spacial score (nSPS) is 10.7. The highest BCUT2D eigenvalue weighted by Gasteiger charge is 2.09. The number of hydrogen-bond donors (Lipinski definition) is 1. The number of anilines is 1. The van der Waals surface area contributed by atoms with Gasteiger partial charge in [-0.15, -0.1) is 10.2 Å². The fourth-order valence-corrected chi connectivity index (χ4v) is 1.67. The van der Waals surface area contributed by atoms with E-state index in [4.69, 9.17) is 22.1 Å². The number of nitrogens with zero attached hydrogens (tertiary/aromatic N) is 4. The molecule has 0 aliphatic heterocycles. The molecule has 3 aromatic rings. The number of nitrogen functional groups attached to an aromatic ring is 1. The maximum atomic E-state index is 5.89. The molecule has 2 heterocycles. The molecule has 0 spiro atoms. The fraction of sp³-hybridized carbons (Fsp3) is 0. The van der Waals surface area contributed by atoms with Crippen molar-refractivity contribution in [1.29, 1.82) is 0 Å². The molecule has 18 heavy (non-hydrogen) atoms. The van der Waals surface area contributed by atoms with Crippen LogP contribution in [0.5, 0.6) is 11.6 Å². The zero-order valence-electron chi connectivity index (χ0n) is 9.12. The summed E-state index contributed by atoms with van der Waals surface area (Å²) in [6.45, 7) is 0. The van der Waals surface area contributed by atoms with E-state index >= 15 is 0 Å². The highest BCUT2D eigenvalue weighted by Crippen LogP contribution is 2.30. The lowest BCUT2D eigenvalue weighted by Gasteiger charge is -2.07. The first-order chi connectivity index (χ1) is 8.74. The molecule has 0 fully saturated rings. The summed E-state index contributed by atoms with van der Waals surface area (Å²) in [5.41, 5.74) is 6.79. The molecular weight excluding hydrogens is 254 g/mol. The van der Waals surface area contributed by atoms with Gasteiger partial charge in [0.25, 0.3) is 5.88 Å². The molecule has 0 saturated heterocycles. The van der Waals surface area contributed by atoms with E-state index in [1.165, 1.54) is 0 Å². The summed E-state index contributed by atoms with van der Waals surface area (Å²) in [5.74, 6) is 0.759. The quantitative estimate of drug-likeness (QED) is 0.715. The van der Waals surface area contributed by atoms with Crippen LogP contribution in [0.4, 0.5) is 5.69 Å². The summed E-state index contributed by atoms with van der Waals surface area (Å²) in [6, 6.07) is 4.98. The Kier molecular flexibility index (Phi) is 2.49. The molecule has 90 valence electrons. The van der Waals surface area contributed by atoms with E-state index in [-0.39, 0.29) is 0 Å². The molecule has 7 heteroatoms. The van der Waals surface area contributed by atoms with Gasteiger partial charge < -0.3 is 10.5 Å². The third kappa shape index (κ3) is 1.82. The Balaban J connectivity index is 2.06. The SMILES string of the molecule is Nc1ccc(Cl)cc1Oc1nccn2cnnc12. The second-order valence-corrected chi connectivity index (χ2v) is 4.01. The number of nitrogens with two attached hydrogens (primary N) is 1. The summed E-state index contributed by atoms with van der Waals surface area (Å²) in [5, 5.41) is 8.23. The van der Waals surface area contributed by atoms with Gasteiger partial charge >= 0.3 is 0 Å². The van der Waals surface area contributed by atoms with Crippen LogP contribution in [0.25, 0.3) is 5.65 Å². The van der Waals surface area contributed by atoms with Gasteiger partial charge in [-0.3, -0.25) is 4.40 Å². The predicted octanol–water partition coefficient (Wildman–Crippen LogP) is 2.15. The van der Waals surface area contributed by atoms with Gasteiger partial charge in [0.1, 0.15) is 6.33 Å². The van der Waals surface area contributed by atoms with E-state index in [1.54, 1.807) is 41.3 Å². The Morgan fingerprint density at radius 3 is 3.11 bits per heavy atom. The predicted molar refractivity (Wildman–Crippen MR) is 66.7 cm³/mol. The van der Waals surface area contributed by atoms with Crippen molar-refractivity contribution in [2.45, 2.75) is 0 Å². The van der Waals surface area contributed by atoms with Crippen molar-refractivity contribution in [3.05, 3.63) is 41.9 Å². The van der Waals surface area contributed by atoms with Crippen molar-refractivity contribution in [1.82, 2.24) is 19.6 Å². The largest absolute Gasteiger partial charge is 0.434 e. The molecule has 0 saturated carbocycles. The molecule has 0 atom stereocenters. The average Bonchev–Trinajstić information content (AvgIpc) is 2.83. The molecule has 3 rings (SSSR count). The van der Waals surface area contributed by atoms with E-state index in [1.807, 2.05) is 0 Å². The topological polar surface area (TPSA) is 78.3 Å². The van der Waals surface area contributed by atoms with Crippen LogP contribution in [0, 0.1) is 0 Å². The van der Waals surface area contributed by atoms with Crippen LogP contribution in [0.1, 0.15) is 0 Å². The maximum absolute atomic E-state index is 5.89. The number of aromatic nitrogens is 4. The second kappa shape index (κ2) is 4.15. The minimum atomic E-state index is 0.323. The minimum absolute atomic E-state index is 0.323. The van der Waals surface area contributed by atoms with Crippen LogP contribution in [0.3, 0.4) is 0 Å². The molecule has 2 aromatic heterocycles. The lowest BCUT2D eigenvalue weighted by atomic mass is 10.3. The van der Waals surface area contributed by atoms with Gasteiger partial charge in [0.15, 0.2) is 5.75 Å². The smallest absolute Gasteiger partial charge is 0.265 e. The monoisotopic (exact) mass is 261 g/mol. The van der Waals surface area contributed by atoms with Crippen molar-refractivity contribution in [3.8, 4) is 11.6 Å². The maximum Gasteiger partial charge on any atom is 0.265 e. The zero-order valence-corrected chi connectivity index (χ0v) is 9.87. The summed E-state index contributed by atoms with van der Waals surface area (Å²) in [6.07, 6.45) is 4.88. The Morgan fingerprint density at radius 1 is 1.33 bits per heavy atom. The fourth-order valence-electron chi connectivity index (χ4n) is 1.51. The van der Waals surface area contributed by atoms with Crippen molar-refractivity contribution < 1.29 is 4.74 Å². The molecule has 0 amide bonds. The van der Waals surface area contributed by atoms with Crippen LogP contribution in [-0.2, 0) is 0 Å². The number of benzene rings is 1. The van der Waals surface area contributed by atoms with Crippen molar-refractivity contribution in [3.63, 3.8) is 0 Å². The van der Waals surface area contributed by atoms with Crippen molar-refractivity contribution in [2.24, 2.45) is 0 Å². The first-order valence-corrected chi connectivity index (χ1v) is 5.49. The van der Waals surface area contributed by atoms with Crippen LogP contribution < -0.4 is 10.5 Å². The van der Waals surface area contributed by atoms with Crippen LogP contribution in [0.15, 0.2) is 36.9 Å². The Bertz CT molecular complexity index is 711. The lowest BCUT2D eigenvalue weighted by molar-refractivity contribution is 0.467. The summed E-state index contributed by atoms with van der Waals surface area (Å²) >= 11 is 5.89. The molecule has 6 nitrogen and oxygen atoms in total. The molecule has 0 unspecified atom stereocenters. The minimum Gasteiger partial charge on any atom is -0.434 e. The average molecular weight is 262 g/mol. The molecule has 0 radical (unpaired) electrons. The first kappa shape index (κ1) is 10.8. The van der Waals surface area contributed by atoms with Crippen LogP contribution in [-0.4, -0.2) is 19.6 Å². The number of rotatable bonds is 2. The first-order valence-electron chi connectivity index (χ1n) is 5.11. The Morgan fingerprint density at radius 2 is 2.22 bits per heavy atom. The summed E-state index contributed by atoms with van der Waals surface area (Å²) < 4.78 is 7.32. The van der Waals surface area contributed by atoms with Gasteiger partial charge in [-0.25, -0.2) is 4.98 Å². The van der Waals surface area contributed by atoms with Crippen molar-refractivity contribution in [2.75, 3.05) is 5.73 Å². The van der Waals surface area contributed by atoms with E-state index in [2.05, 4.69) is 15.2 Å². The van der Waals surface area contributed by atoms with E-state index < -0.39 is 0 Å². The van der Waals surface area contributed by atoms with Gasteiger partial charge in [0, 0.05) is 23.5 Å². The third-order valence-electron chi connectivity index (χ3n) is 2.37. The highest BCUT2D eigenvalue weighted by molar-refractivity contribution is 6.30. The van der Waals surface area contributed by atoms with Gasteiger partial charge in [-0.1, -0.05) is 11.6 Å². The molecular formula is C11H8ClN5O. The van der Waals surface area contributed by atoms with Crippen LogP contribution in [0.2, 0.25) is 5.02 Å². The standard InChI is InChI=1S/C11H8ClN5O/c12-7-1-2-8(13)9(5-7)18-11-10-16-15-6-17(10)4-3-14-11/h1-6H,13H2.